The maximum atomic E-state index is 6.04. The van der Waals surface area contributed by atoms with Crippen molar-refractivity contribution in [3.8, 4) is 0 Å². The van der Waals surface area contributed by atoms with Crippen molar-refractivity contribution in [3.63, 3.8) is 0 Å². The highest BCUT2D eigenvalue weighted by Gasteiger charge is 2.35. The van der Waals surface area contributed by atoms with Crippen molar-refractivity contribution in [2.75, 3.05) is 20.2 Å². The molecule has 1 aromatic rings. The van der Waals surface area contributed by atoms with Crippen molar-refractivity contribution in [3.05, 3.63) is 18.0 Å². The summed E-state index contributed by atoms with van der Waals surface area (Å²) in [6.45, 7) is 9.24. The summed E-state index contributed by atoms with van der Waals surface area (Å²) in [7, 11) is 3.75. The minimum atomic E-state index is 0.165. The molecule has 2 unspecified atom stereocenters. The molecule has 0 radical (unpaired) electrons. The highest BCUT2D eigenvalue weighted by atomic mass is 16.5. The van der Waals surface area contributed by atoms with Gasteiger partial charge in [0.1, 0.15) is 0 Å². The van der Waals surface area contributed by atoms with Gasteiger partial charge in [-0.3, -0.25) is 9.67 Å². The molecule has 1 aliphatic heterocycles. The molecule has 1 saturated heterocycles. The number of rotatable bonds is 4. The van der Waals surface area contributed by atoms with Crippen LogP contribution < -0.4 is 10.6 Å². The van der Waals surface area contributed by atoms with E-state index in [0.717, 1.165) is 31.2 Å². The Bertz CT molecular complexity index is 517. The minimum Gasteiger partial charge on any atom is -0.377 e. The normalized spacial score (nSPS) is 22.9. The molecule has 2 rings (SSSR count). The average molecular weight is 321 g/mol. The Kier molecular flexibility index (Phi) is 6.04. The van der Waals surface area contributed by atoms with Gasteiger partial charge in [-0.05, 0) is 24.3 Å². The molecule has 2 atom stereocenters. The molecule has 0 aliphatic carbocycles. The van der Waals surface area contributed by atoms with Gasteiger partial charge in [-0.2, -0.15) is 5.10 Å². The van der Waals surface area contributed by atoms with Crippen LogP contribution in [-0.4, -0.2) is 42.0 Å². The first kappa shape index (κ1) is 17.8. The smallest absolute Gasteiger partial charge is 0.191 e. The van der Waals surface area contributed by atoms with E-state index in [1.807, 2.05) is 17.8 Å². The molecule has 0 bridgehead atoms. The molecule has 0 aromatic carbocycles. The molecule has 1 aliphatic rings. The number of ether oxygens (including phenoxy) is 1. The summed E-state index contributed by atoms with van der Waals surface area (Å²) in [5.74, 6) is 1.34. The quantitative estimate of drug-likeness (QED) is 0.657. The predicted octanol–water partition coefficient (Wildman–Crippen LogP) is 1.93. The molecule has 130 valence electrons. The fraction of sp³-hybridized carbons (Fsp3) is 0.765. The Morgan fingerprint density at radius 3 is 2.83 bits per heavy atom. The summed E-state index contributed by atoms with van der Waals surface area (Å²) in [5.41, 5.74) is 1.29. The second-order valence-electron chi connectivity index (χ2n) is 7.31. The highest BCUT2D eigenvalue weighted by Crippen LogP contribution is 2.33. The van der Waals surface area contributed by atoms with Gasteiger partial charge >= 0.3 is 0 Å². The molecule has 23 heavy (non-hydrogen) atoms. The molecule has 1 aromatic heterocycles. The van der Waals surface area contributed by atoms with Crippen LogP contribution >= 0.6 is 0 Å². The fourth-order valence-corrected chi connectivity index (χ4v) is 3.21. The lowest BCUT2D eigenvalue weighted by Gasteiger charge is -2.40. The number of nitrogens with one attached hydrogen (secondary N) is 2. The van der Waals surface area contributed by atoms with E-state index in [1.165, 1.54) is 6.42 Å². The van der Waals surface area contributed by atoms with Crippen LogP contribution in [0.2, 0.25) is 0 Å². The summed E-state index contributed by atoms with van der Waals surface area (Å²) in [4.78, 5) is 4.31. The van der Waals surface area contributed by atoms with Crippen molar-refractivity contribution < 1.29 is 4.74 Å². The predicted molar refractivity (Wildman–Crippen MR) is 93.3 cm³/mol. The standard InChI is InChI=1S/C17H31N5O/c1-17(2,3)15-13(7-6-10-23-15)11-19-16(18-4)20-12-14-8-9-21-22(14)5/h8-9,13,15H,6-7,10-12H2,1-5H3,(H2,18,19,20). The van der Waals surface area contributed by atoms with Crippen LogP contribution in [0.4, 0.5) is 0 Å². The van der Waals surface area contributed by atoms with E-state index in [-0.39, 0.29) is 5.41 Å². The zero-order valence-electron chi connectivity index (χ0n) is 15.1. The van der Waals surface area contributed by atoms with Crippen LogP contribution in [0.15, 0.2) is 17.3 Å². The number of nitrogens with zero attached hydrogens (tertiary/aromatic N) is 3. The van der Waals surface area contributed by atoms with E-state index in [0.29, 0.717) is 18.6 Å². The molecule has 2 heterocycles. The van der Waals surface area contributed by atoms with Gasteiger partial charge in [-0.1, -0.05) is 20.8 Å². The Balaban J connectivity index is 1.85. The summed E-state index contributed by atoms with van der Waals surface area (Å²) in [6, 6.07) is 2.00. The van der Waals surface area contributed by atoms with Gasteiger partial charge in [0.25, 0.3) is 0 Å². The van der Waals surface area contributed by atoms with Gasteiger partial charge in [-0.15, -0.1) is 0 Å². The number of aryl methyl sites for hydroxylation is 1. The van der Waals surface area contributed by atoms with Crippen molar-refractivity contribution in [2.45, 2.75) is 46.3 Å². The second kappa shape index (κ2) is 7.81. The van der Waals surface area contributed by atoms with Gasteiger partial charge in [0.2, 0.25) is 0 Å². The molecule has 2 N–H and O–H groups in total. The van der Waals surface area contributed by atoms with Crippen molar-refractivity contribution in [2.24, 2.45) is 23.4 Å². The van der Waals surface area contributed by atoms with Crippen LogP contribution in [0.5, 0.6) is 0 Å². The summed E-state index contributed by atoms with van der Waals surface area (Å²) in [6.07, 6.45) is 4.44. The van der Waals surface area contributed by atoms with E-state index in [9.17, 15) is 0 Å². The Morgan fingerprint density at radius 2 is 2.22 bits per heavy atom. The van der Waals surface area contributed by atoms with Crippen LogP contribution in [0.3, 0.4) is 0 Å². The molecule has 0 spiro atoms. The van der Waals surface area contributed by atoms with Gasteiger partial charge < -0.3 is 15.4 Å². The number of guanidine groups is 1. The zero-order chi connectivity index (χ0) is 16.9. The first-order chi connectivity index (χ1) is 10.9. The van der Waals surface area contributed by atoms with E-state index < -0.39 is 0 Å². The largest absolute Gasteiger partial charge is 0.377 e. The van der Waals surface area contributed by atoms with Crippen LogP contribution in [0.1, 0.15) is 39.3 Å². The molecule has 0 amide bonds. The Hall–Kier alpha value is -1.56. The number of aliphatic imine (C=N–C) groups is 1. The molecular weight excluding hydrogens is 290 g/mol. The van der Waals surface area contributed by atoms with E-state index in [4.69, 9.17) is 4.74 Å². The van der Waals surface area contributed by atoms with Gasteiger partial charge in [-0.25, -0.2) is 0 Å². The number of hydrogen-bond acceptors (Lipinski definition) is 3. The molecular formula is C17H31N5O. The van der Waals surface area contributed by atoms with Crippen molar-refractivity contribution in [1.29, 1.82) is 0 Å². The minimum absolute atomic E-state index is 0.165. The average Bonchev–Trinajstić information content (AvgIpc) is 2.92. The maximum Gasteiger partial charge on any atom is 0.191 e. The van der Waals surface area contributed by atoms with Crippen LogP contribution in [-0.2, 0) is 18.3 Å². The molecule has 6 nitrogen and oxygen atoms in total. The summed E-state index contributed by atoms with van der Waals surface area (Å²) in [5, 5.41) is 11.0. The summed E-state index contributed by atoms with van der Waals surface area (Å²) >= 11 is 0. The maximum absolute atomic E-state index is 6.04. The zero-order valence-corrected chi connectivity index (χ0v) is 15.1. The summed E-state index contributed by atoms with van der Waals surface area (Å²) < 4.78 is 7.91. The van der Waals surface area contributed by atoms with Gasteiger partial charge in [0.05, 0.1) is 18.3 Å². The lowest BCUT2D eigenvalue weighted by atomic mass is 9.78. The van der Waals surface area contributed by atoms with Crippen LogP contribution in [0, 0.1) is 11.3 Å². The first-order valence-corrected chi connectivity index (χ1v) is 8.45. The third-order valence-electron chi connectivity index (χ3n) is 4.41. The lowest BCUT2D eigenvalue weighted by molar-refractivity contribution is -0.0835. The van der Waals surface area contributed by atoms with Gasteiger partial charge in [0, 0.05) is 39.4 Å². The lowest BCUT2D eigenvalue weighted by Crippen LogP contribution is -2.47. The fourth-order valence-electron chi connectivity index (χ4n) is 3.21. The topological polar surface area (TPSA) is 63.5 Å². The highest BCUT2D eigenvalue weighted by molar-refractivity contribution is 5.79. The molecule has 1 fully saturated rings. The monoisotopic (exact) mass is 321 g/mol. The van der Waals surface area contributed by atoms with Gasteiger partial charge in [0.15, 0.2) is 5.96 Å². The molecule has 6 heteroatoms. The molecule has 0 saturated carbocycles. The number of aromatic nitrogens is 2. The van der Waals surface area contributed by atoms with Crippen molar-refractivity contribution in [1.82, 2.24) is 20.4 Å². The first-order valence-electron chi connectivity index (χ1n) is 8.45. The van der Waals surface area contributed by atoms with E-state index >= 15 is 0 Å². The van der Waals surface area contributed by atoms with E-state index in [1.54, 1.807) is 13.2 Å². The Labute approximate surface area is 139 Å². The SMILES string of the molecule is CN=C(NCc1ccnn1C)NCC1CCCOC1C(C)(C)C. The van der Waals surface area contributed by atoms with Crippen molar-refractivity contribution >= 4 is 5.96 Å². The van der Waals surface area contributed by atoms with Crippen LogP contribution in [0.25, 0.3) is 0 Å². The Morgan fingerprint density at radius 1 is 1.43 bits per heavy atom. The third-order valence-corrected chi connectivity index (χ3v) is 4.41. The number of hydrogen-bond donors (Lipinski definition) is 2. The second-order valence-corrected chi connectivity index (χ2v) is 7.31. The van der Waals surface area contributed by atoms with E-state index in [2.05, 4.69) is 41.5 Å². The third kappa shape index (κ3) is 4.96.